The monoisotopic (exact) mass is 306 g/mol. The van der Waals surface area contributed by atoms with Crippen LogP contribution < -0.4 is 0 Å². The molecule has 0 N–H and O–H groups in total. The average molecular weight is 307 g/mol. The summed E-state index contributed by atoms with van der Waals surface area (Å²) in [5, 5.41) is 0.555. The molecular weight excluding hydrogens is 292 g/mol. The molecule has 0 bridgehead atoms. The fourth-order valence-corrected chi connectivity index (χ4v) is 2.73. The van der Waals surface area contributed by atoms with Crippen LogP contribution in [0.25, 0.3) is 5.65 Å². The average Bonchev–Trinajstić information content (AvgIpc) is 2.82. The first-order valence-electron chi connectivity index (χ1n) is 6.73. The number of fused-ring (bicyclic) bond motifs is 1. The Morgan fingerprint density at radius 2 is 2.00 bits per heavy atom. The lowest BCUT2D eigenvalue weighted by Gasteiger charge is -2.32. The third-order valence-corrected chi connectivity index (χ3v) is 3.93. The topological polar surface area (TPSA) is 57.9 Å². The molecular formula is C14H15ClN4O2. The second-order valence-corrected chi connectivity index (χ2v) is 5.49. The van der Waals surface area contributed by atoms with Crippen molar-refractivity contribution in [2.24, 2.45) is 0 Å². The highest BCUT2D eigenvalue weighted by atomic mass is 35.5. The molecule has 0 saturated carbocycles. The molecule has 3 heterocycles. The Kier molecular flexibility index (Phi) is 3.55. The van der Waals surface area contributed by atoms with Crippen molar-refractivity contribution >= 4 is 29.6 Å². The van der Waals surface area contributed by atoms with E-state index in [0.717, 1.165) is 6.41 Å². The number of hydrogen-bond acceptors (Lipinski definition) is 3. The van der Waals surface area contributed by atoms with E-state index in [1.807, 2.05) is 6.92 Å². The molecule has 2 aromatic heterocycles. The molecule has 0 aliphatic carbocycles. The molecule has 0 radical (unpaired) electrons. The van der Waals surface area contributed by atoms with Gasteiger partial charge in [-0.3, -0.25) is 14.0 Å². The molecule has 1 aliphatic rings. The Balaban J connectivity index is 1.93. The van der Waals surface area contributed by atoms with E-state index in [4.69, 9.17) is 11.6 Å². The maximum atomic E-state index is 12.7. The van der Waals surface area contributed by atoms with E-state index in [0.29, 0.717) is 48.2 Å². The van der Waals surface area contributed by atoms with E-state index in [-0.39, 0.29) is 5.91 Å². The van der Waals surface area contributed by atoms with Crippen LogP contribution in [0.4, 0.5) is 0 Å². The van der Waals surface area contributed by atoms with Crippen molar-refractivity contribution in [3.05, 3.63) is 34.7 Å². The maximum Gasteiger partial charge on any atom is 0.272 e. The Labute approximate surface area is 126 Å². The quantitative estimate of drug-likeness (QED) is 0.784. The van der Waals surface area contributed by atoms with Gasteiger partial charge >= 0.3 is 0 Å². The predicted octanol–water partition coefficient (Wildman–Crippen LogP) is 1.21. The lowest BCUT2D eigenvalue weighted by Crippen LogP contribution is -2.48. The Bertz CT molecular complexity index is 704. The summed E-state index contributed by atoms with van der Waals surface area (Å²) < 4.78 is 1.73. The zero-order chi connectivity index (χ0) is 15.0. The SMILES string of the molecule is Cc1nc2ccc(Cl)cn2c1C(=O)N1CCN(C=O)CC1. The second-order valence-electron chi connectivity index (χ2n) is 5.05. The molecule has 1 aliphatic heterocycles. The van der Waals surface area contributed by atoms with Crippen LogP contribution in [0.2, 0.25) is 5.02 Å². The normalized spacial score (nSPS) is 15.5. The van der Waals surface area contributed by atoms with Crippen LogP contribution in [-0.2, 0) is 4.79 Å². The zero-order valence-electron chi connectivity index (χ0n) is 11.6. The molecule has 0 atom stereocenters. The summed E-state index contributed by atoms with van der Waals surface area (Å²) in [5.74, 6) is -0.0761. The van der Waals surface area contributed by atoms with Crippen molar-refractivity contribution < 1.29 is 9.59 Å². The van der Waals surface area contributed by atoms with Crippen LogP contribution in [0.15, 0.2) is 18.3 Å². The van der Waals surface area contributed by atoms with Crippen molar-refractivity contribution in [1.29, 1.82) is 0 Å². The first-order valence-corrected chi connectivity index (χ1v) is 7.11. The summed E-state index contributed by atoms with van der Waals surface area (Å²) in [6.07, 6.45) is 2.52. The van der Waals surface area contributed by atoms with Gasteiger partial charge in [-0.25, -0.2) is 4.98 Å². The highest BCUT2D eigenvalue weighted by Gasteiger charge is 2.25. The van der Waals surface area contributed by atoms with Gasteiger partial charge in [-0.2, -0.15) is 0 Å². The smallest absolute Gasteiger partial charge is 0.272 e. The number of pyridine rings is 1. The van der Waals surface area contributed by atoms with Gasteiger partial charge in [0, 0.05) is 32.4 Å². The van der Waals surface area contributed by atoms with E-state index < -0.39 is 0 Å². The fraction of sp³-hybridized carbons (Fsp3) is 0.357. The third kappa shape index (κ3) is 2.47. The van der Waals surface area contributed by atoms with Gasteiger partial charge in [0.25, 0.3) is 5.91 Å². The summed E-state index contributed by atoms with van der Waals surface area (Å²) in [4.78, 5) is 31.2. The number of halogens is 1. The Morgan fingerprint density at radius 3 is 2.67 bits per heavy atom. The lowest BCUT2D eigenvalue weighted by molar-refractivity contribution is -0.119. The number of nitrogens with zero attached hydrogens (tertiary/aromatic N) is 4. The molecule has 2 amide bonds. The van der Waals surface area contributed by atoms with Crippen LogP contribution in [0.1, 0.15) is 16.2 Å². The molecule has 7 heteroatoms. The van der Waals surface area contributed by atoms with Crippen LogP contribution in [0, 0.1) is 6.92 Å². The molecule has 1 fully saturated rings. The van der Waals surface area contributed by atoms with E-state index in [9.17, 15) is 9.59 Å². The lowest BCUT2D eigenvalue weighted by atomic mass is 10.2. The van der Waals surface area contributed by atoms with E-state index in [1.54, 1.807) is 32.5 Å². The summed E-state index contributed by atoms with van der Waals surface area (Å²) in [7, 11) is 0. The number of imidazole rings is 1. The number of rotatable bonds is 2. The molecule has 6 nitrogen and oxygen atoms in total. The van der Waals surface area contributed by atoms with Gasteiger partial charge < -0.3 is 9.80 Å². The van der Waals surface area contributed by atoms with Gasteiger partial charge in [0.05, 0.1) is 10.7 Å². The van der Waals surface area contributed by atoms with E-state index in [1.165, 1.54) is 0 Å². The first-order chi connectivity index (χ1) is 10.1. The number of amides is 2. The van der Waals surface area contributed by atoms with Crippen LogP contribution >= 0.6 is 11.6 Å². The van der Waals surface area contributed by atoms with Gasteiger partial charge in [-0.05, 0) is 19.1 Å². The number of hydrogen-bond donors (Lipinski definition) is 0. The van der Waals surface area contributed by atoms with Crippen molar-refractivity contribution in [2.45, 2.75) is 6.92 Å². The minimum atomic E-state index is -0.0761. The van der Waals surface area contributed by atoms with E-state index >= 15 is 0 Å². The molecule has 1 saturated heterocycles. The summed E-state index contributed by atoms with van der Waals surface area (Å²) in [5.41, 5.74) is 1.92. The Morgan fingerprint density at radius 1 is 1.29 bits per heavy atom. The molecule has 0 unspecified atom stereocenters. The number of aromatic nitrogens is 2. The largest absolute Gasteiger partial charge is 0.342 e. The number of piperazine rings is 1. The van der Waals surface area contributed by atoms with Crippen molar-refractivity contribution in [3.8, 4) is 0 Å². The van der Waals surface area contributed by atoms with Crippen LogP contribution in [0.5, 0.6) is 0 Å². The molecule has 2 aromatic rings. The van der Waals surface area contributed by atoms with Gasteiger partial charge in [0.15, 0.2) is 0 Å². The summed E-state index contributed by atoms with van der Waals surface area (Å²) >= 11 is 6.01. The van der Waals surface area contributed by atoms with Gasteiger partial charge in [-0.15, -0.1) is 0 Å². The molecule has 21 heavy (non-hydrogen) atoms. The van der Waals surface area contributed by atoms with Gasteiger partial charge in [-0.1, -0.05) is 11.6 Å². The Hall–Kier alpha value is -2.08. The maximum absolute atomic E-state index is 12.7. The minimum absolute atomic E-state index is 0.0761. The van der Waals surface area contributed by atoms with Gasteiger partial charge in [0.2, 0.25) is 6.41 Å². The van der Waals surface area contributed by atoms with Gasteiger partial charge in [0.1, 0.15) is 11.3 Å². The highest BCUT2D eigenvalue weighted by molar-refractivity contribution is 6.30. The molecule has 110 valence electrons. The predicted molar refractivity (Wildman–Crippen MR) is 78.5 cm³/mol. The number of aryl methyl sites for hydroxylation is 1. The van der Waals surface area contributed by atoms with Crippen molar-refractivity contribution in [3.63, 3.8) is 0 Å². The van der Waals surface area contributed by atoms with Crippen LogP contribution in [-0.4, -0.2) is 57.7 Å². The molecule has 0 spiro atoms. The zero-order valence-corrected chi connectivity index (χ0v) is 12.4. The van der Waals surface area contributed by atoms with Crippen molar-refractivity contribution in [2.75, 3.05) is 26.2 Å². The molecule has 0 aromatic carbocycles. The molecule has 3 rings (SSSR count). The number of carbonyl (C=O) groups excluding carboxylic acids is 2. The minimum Gasteiger partial charge on any atom is -0.342 e. The second kappa shape index (κ2) is 5.37. The number of carbonyl (C=O) groups is 2. The highest BCUT2D eigenvalue weighted by Crippen LogP contribution is 2.18. The summed E-state index contributed by atoms with van der Waals surface area (Å²) in [6, 6.07) is 3.54. The van der Waals surface area contributed by atoms with E-state index in [2.05, 4.69) is 4.98 Å². The van der Waals surface area contributed by atoms with Crippen LogP contribution in [0.3, 0.4) is 0 Å². The fourth-order valence-electron chi connectivity index (χ4n) is 2.57. The van der Waals surface area contributed by atoms with Crippen molar-refractivity contribution in [1.82, 2.24) is 19.2 Å². The summed E-state index contributed by atoms with van der Waals surface area (Å²) in [6.45, 7) is 4.00. The third-order valence-electron chi connectivity index (χ3n) is 3.71. The first kappa shape index (κ1) is 13.9. The standard InChI is InChI=1S/C14H15ClN4O2/c1-10-13(19-8-11(15)2-3-12(19)16-10)14(21)18-6-4-17(9-20)5-7-18/h2-3,8-9H,4-7H2,1H3.